The number of hydrogen-bond acceptors (Lipinski definition) is 5. The molecule has 0 atom stereocenters. The molecule has 0 saturated heterocycles. The van der Waals surface area contributed by atoms with E-state index in [9.17, 15) is 8.42 Å². The zero-order valence-corrected chi connectivity index (χ0v) is 13.7. The average Bonchev–Trinajstić information content (AvgIpc) is 2.94. The number of sulfonamides is 1. The third kappa shape index (κ3) is 4.34. The molecule has 0 unspecified atom stereocenters. The van der Waals surface area contributed by atoms with E-state index in [0.29, 0.717) is 10.8 Å². The summed E-state index contributed by atoms with van der Waals surface area (Å²) in [7, 11) is -3.48. The quantitative estimate of drug-likeness (QED) is 0.817. The Hall–Kier alpha value is -1.28. The first-order chi connectivity index (χ1) is 10.0. The first kappa shape index (κ1) is 16.1. The Bertz CT molecular complexity index is 696. The van der Waals surface area contributed by atoms with Crippen molar-refractivity contribution in [3.05, 3.63) is 46.6 Å². The molecule has 0 fully saturated rings. The van der Waals surface area contributed by atoms with Gasteiger partial charge < -0.3 is 5.32 Å². The molecule has 0 saturated carbocycles. The number of nitrogens with one attached hydrogen (secondary N) is 2. The number of rotatable bonds is 7. The standard InChI is InChI=1S/C14H19N3O2S2/c1-3-15-8-12-7-14(20-10-12)21(18,19)17-9-13-11(2)5-4-6-16-13/h4-7,10,15,17H,3,8-9H2,1-2H3. The van der Waals surface area contributed by atoms with Gasteiger partial charge in [-0.1, -0.05) is 13.0 Å². The van der Waals surface area contributed by atoms with E-state index in [0.717, 1.165) is 23.4 Å². The van der Waals surface area contributed by atoms with Gasteiger partial charge in [-0.3, -0.25) is 4.98 Å². The number of pyridine rings is 1. The second-order valence-electron chi connectivity index (χ2n) is 4.65. The van der Waals surface area contributed by atoms with Crippen LogP contribution in [-0.4, -0.2) is 19.9 Å². The van der Waals surface area contributed by atoms with Gasteiger partial charge in [-0.05, 0) is 42.1 Å². The van der Waals surface area contributed by atoms with Crippen molar-refractivity contribution in [1.82, 2.24) is 15.0 Å². The molecule has 114 valence electrons. The third-order valence-electron chi connectivity index (χ3n) is 3.02. The second kappa shape index (κ2) is 7.13. The Kier molecular flexibility index (Phi) is 5.46. The molecule has 2 aromatic heterocycles. The lowest BCUT2D eigenvalue weighted by Crippen LogP contribution is -2.23. The number of hydrogen-bond donors (Lipinski definition) is 2. The van der Waals surface area contributed by atoms with Crippen LogP contribution in [0, 0.1) is 6.92 Å². The lowest BCUT2D eigenvalue weighted by molar-refractivity contribution is 0.582. The van der Waals surface area contributed by atoms with Crippen molar-refractivity contribution in [3.63, 3.8) is 0 Å². The summed E-state index contributed by atoms with van der Waals surface area (Å²) >= 11 is 1.24. The van der Waals surface area contributed by atoms with Crippen molar-refractivity contribution < 1.29 is 8.42 Å². The van der Waals surface area contributed by atoms with Gasteiger partial charge >= 0.3 is 0 Å². The molecular weight excluding hydrogens is 306 g/mol. The topological polar surface area (TPSA) is 71.1 Å². The van der Waals surface area contributed by atoms with E-state index < -0.39 is 10.0 Å². The Morgan fingerprint density at radius 2 is 2.14 bits per heavy atom. The SMILES string of the molecule is CCNCc1csc(S(=O)(=O)NCc2ncccc2C)c1. The summed E-state index contributed by atoms with van der Waals surface area (Å²) in [6.07, 6.45) is 1.66. The maximum atomic E-state index is 12.3. The van der Waals surface area contributed by atoms with E-state index in [-0.39, 0.29) is 6.54 Å². The van der Waals surface area contributed by atoms with Gasteiger partial charge in [0.05, 0.1) is 12.2 Å². The maximum Gasteiger partial charge on any atom is 0.250 e. The zero-order chi connectivity index (χ0) is 15.3. The minimum Gasteiger partial charge on any atom is -0.313 e. The van der Waals surface area contributed by atoms with Gasteiger partial charge in [0.25, 0.3) is 0 Å². The van der Waals surface area contributed by atoms with Crippen molar-refractivity contribution in [2.24, 2.45) is 0 Å². The minimum absolute atomic E-state index is 0.204. The molecule has 2 heterocycles. The van der Waals surface area contributed by atoms with Crippen molar-refractivity contribution in [2.45, 2.75) is 31.1 Å². The average molecular weight is 325 g/mol. The normalized spacial score (nSPS) is 11.7. The molecule has 0 aliphatic heterocycles. The van der Waals surface area contributed by atoms with E-state index in [4.69, 9.17) is 0 Å². The Labute approximate surface area is 129 Å². The molecule has 7 heteroatoms. The molecule has 0 aromatic carbocycles. The lowest BCUT2D eigenvalue weighted by atomic mass is 10.2. The lowest BCUT2D eigenvalue weighted by Gasteiger charge is -2.06. The van der Waals surface area contributed by atoms with Crippen molar-refractivity contribution in [3.8, 4) is 0 Å². The summed E-state index contributed by atoms with van der Waals surface area (Å²) < 4.78 is 27.4. The molecule has 21 heavy (non-hydrogen) atoms. The summed E-state index contributed by atoms with van der Waals surface area (Å²) in [5.74, 6) is 0. The summed E-state index contributed by atoms with van der Waals surface area (Å²) in [5.41, 5.74) is 2.70. The van der Waals surface area contributed by atoms with Crippen LogP contribution in [-0.2, 0) is 23.1 Å². The highest BCUT2D eigenvalue weighted by molar-refractivity contribution is 7.91. The van der Waals surface area contributed by atoms with E-state index >= 15 is 0 Å². The van der Waals surface area contributed by atoms with Crippen LogP contribution in [0.25, 0.3) is 0 Å². The van der Waals surface area contributed by atoms with E-state index in [1.165, 1.54) is 11.3 Å². The molecule has 0 aliphatic carbocycles. The van der Waals surface area contributed by atoms with Crippen molar-refractivity contribution >= 4 is 21.4 Å². The second-order valence-corrected chi connectivity index (χ2v) is 7.55. The van der Waals surface area contributed by atoms with Gasteiger partial charge in [0, 0.05) is 12.7 Å². The first-order valence-electron chi connectivity index (χ1n) is 6.71. The summed E-state index contributed by atoms with van der Waals surface area (Å²) in [4.78, 5) is 4.19. The van der Waals surface area contributed by atoms with Gasteiger partial charge in [0.2, 0.25) is 10.0 Å². The largest absolute Gasteiger partial charge is 0.313 e. The highest BCUT2D eigenvalue weighted by Crippen LogP contribution is 2.20. The van der Waals surface area contributed by atoms with Gasteiger partial charge in [-0.15, -0.1) is 11.3 Å². The van der Waals surface area contributed by atoms with Crippen LogP contribution in [0.2, 0.25) is 0 Å². The fraction of sp³-hybridized carbons (Fsp3) is 0.357. The zero-order valence-electron chi connectivity index (χ0n) is 12.1. The van der Waals surface area contributed by atoms with Crippen LogP contribution >= 0.6 is 11.3 Å². The number of nitrogens with zero attached hydrogens (tertiary/aromatic N) is 1. The minimum atomic E-state index is -3.48. The van der Waals surface area contributed by atoms with Crippen LogP contribution in [0.4, 0.5) is 0 Å². The maximum absolute atomic E-state index is 12.3. The number of aromatic nitrogens is 1. The predicted molar refractivity (Wildman–Crippen MR) is 84.7 cm³/mol. The fourth-order valence-corrected chi connectivity index (χ4v) is 4.04. The van der Waals surface area contributed by atoms with Crippen LogP contribution in [0.5, 0.6) is 0 Å². The molecule has 2 aromatic rings. The molecular formula is C14H19N3O2S2. The Morgan fingerprint density at radius 1 is 1.33 bits per heavy atom. The molecule has 2 N–H and O–H groups in total. The van der Waals surface area contributed by atoms with Crippen molar-refractivity contribution in [1.29, 1.82) is 0 Å². The molecule has 0 amide bonds. The highest BCUT2D eigenvalue weighted by atomic mass is 32.2. The monoisotopic (exact) mass is 325 g/mol. The summed E-state index contributed by atoms with van der Waals surface area (Å²) in [6, 6.07) is 5.46. The Morgan fingerprint density at radius 3 is 2.86 bits per heavy atom. The fourth-order valence-electron chi connectivity index (χ4n) is 1.79. The predicted octanol–water partition coefficient (Wildman–Crippen LogP) is 2.04. The van der Waals surface area contributed by atoms with Gasteiger partial charge in [0.15, 0.2) is 0 Å². The molecule has 0 aliphatic rings. The number of thiophene rings is 1. The number of aryl methyl sites for hydroxylation is 1. The third-order valence-corrected chi connectivity index (χ3v) is 5.91. The van der Waals surface area contributed by atoms with Crippen molar-refractivity contribution in [2.75, 3.05) is 6.54 Å². The van der Waals surface area contributed by atoms with Gasteiger partial charge in [0.1, 0.15) is 4.21 Å². The van der Waals surface area contributed by atoms with Crippen LogP contribution in [0.15, 0.2) is 34.0 Å². The summed E-state index contributed by atoms with van der Waals surface area (Å²) in [6.45, 7) is 5.67. The smallest absolute Gasteiger partial charge is 0.250 e. The van der Waals surface area contributed by atoms with E-state index in [1.54, 1.807) is 12.3 Å². The first-order valence-corrected chi connectivity index (χ1v) is 9.07. The summed E-state index contributed by atoms with van der Waals surface area (Å²) in [5, 5.41) is 5.04. The Balaban J connectivity index is 2.05. The van der Waals surface area contributed by atoms with Crippen LogP contribution < -0.4 is 10.0 Å². The van der Waals surface area contributed by atoms with Crippen LogP contribution in [0.3, 0.4) is 0 Å². The highest BCUT2D eigenvalue weighted by Gasteiger charge is 2.17. The molecule has 5 nitrogen and oxygen atoms in total. The van der Waals surface area contributed by atoms with Gasteiger partial charge in [-0.2, -0.15) is 0 Å². The van der Waals surface area contributed by atoms with E-state index in [1.807, 2.05) is 31.4 Å². The van der Waals surface area contributed by atoms with E-state index in [2.05, 4.69) is 15.0 Å². The molecule has 0 spiro atoms. The molecule has 2 rings (SSSR count). The molecule has 0 bridgehead atoms. The van der Waals surface area contributed by atoms with Crippen LogP contribution in [0.1, 0.15) is 23.7 Å². The molecule has 0 radical (unpaired) electrons. The van der Waals surface area contributed by atoms with Gasteiger partial charge in [-0.25, -0.2) is 13.1 Å².